The van der Waals surface area contributed by atoms with Crippen LogP contribution in [0.4, 0.5) is 0 Å². The van der Waals surface area contributed by atoms with Gasteiger partial charge in [0, 0.05) is 4.90 Å². The molecule has 0 unspecified atom stereocenters. The SMILES string of the molecule is CS(=O)(=O)Oc1ccc(S)cc1. The zero-order valence-electron chi connectivity index (χ0n) is 6.39. The van der Waals surface area contributed by atoms with E-state index >= 15 is 0 Å². The van der Waals surface area contributed by atoms with Crippen molar-refractivity contribution in [2.24, 2.45) is 0 Å². The molecule has 0 bridgehead atoms. The molecule has 0 radical (unpaired) electrons. The Labute approximate surface area is 76.9 Å². The van der Waals surface area contributed by atoms with E-state index in [9.17, 15) is 8.42 Å². The first-order valence-corrected chi connectivity index (χ1v) is 5.42. The predicted octanol–water partition coefficient (Wildman–Crippen LogP) is 1.31. The van der Waals surface area contributed by atoms with Gasteiger partial charge in [-0.15, -0.1) is 12.6 Å². The molecule has 1 aromatic carbocycles. The first-order valence-electron chi connectivity index (χ1n) is 3.16. The molecule has 0 N–H and O–H groups in total. The van der Waals surface area contributed by atoms with Crippen LogP contribution in [0.25, 0.3) is 0 Å². The number of rotatable bonds is 2. The largest absolute Gasteiger partial charge is 0.383 e. The fourth-order valence-corrected chi connectivity index (χ4v) is 1.29. The van der Waals surface area contributed by atoms with Gasteiger partial charge >= 0.3 is 10.1 Å². The van der Waals surface area contributed by atoms with Crippen LogP contribution in [0.15, 0.2) is 29.2 Å². The van der Waals surface area contributed by atoms with Crippen molar-refractivity contribution in [2.75, 3.05) is 6.26 Å². The molecule has 1 rings (SSSR count). The van der Waals surface area contributed by atoms with Crippen LogP contribution in [0, 0.1) is 0 Å². The van der Waals surface area contributed by atoms with Crippen molar-refractivity contribution in [2.45, 2.75) is 4.90 Å². The Kier molecular flexibility index (Phi) is 2.64. The quantitative estimate of drug-likeness (QED) is 0.583. The highest BCUT2D eigenvalue weighted by Gasteiger charge is 2.02. The van der Waals surface area contributed by atoms with E-state index in [1.54, 1.807) is 24.3 Å². The highest BCUT2D eigenvalue weighted by atomic mass is 32.2. The van der Waals surface area contributed by atoms with E-state index in [2.05, 4.69) is 16.8 Å². The standard InChI is InChI=1S/C7H8O3S2/c1-12(8,9)10-6-2-4-7(11)5-3-6/h2-5,11H,1H3. The minimum absolute atomic E-state index is 0.301. The van der Waals surface area contributed by atoms with E-state index in [0.29, 0.717) is 5.75 Å². The van der Waals surface area contributed by atoms with Gasteiger partial charge in [0.25, 0.3) is 0 Å². The first-order chi connectivity index (χ1) is 5.47. The van der Waals surface area contributed by atoms with Crippen molar-refractivity contribution in [3.05, 3.63) is 24.3 Å². The number of hydrogen-bond acceptors (Lipinski definition) is 4. The molecule has 1 aromatic rings. The monoisotopic (exact) mass is 204 g/mol. The van der Waals surface area contributed by atoms with Crippen molar-refractivity contribution in [1.29, 1.82) is 0 Å². The summed E-state index contributed by atoms with van der Waals surface area (Å²) in [5.74, 6) is 0.301. The fourth-order valence-electron chi connectivity index (χ4n) is 0.676. The van der Waals surface area contributed by atoms with E-state index in [4.69, 9.17) is 0 Å². The molecule has 0 amide bonds. The molecule has 0 aliphatic carbocycles. The lowest BCUT2D eigenvalue weighted by atomic mass is 10.3. The Balaban J connectivity index is 2.85. The lowest BCUT2D eigenvalue weighted by Crippen LogP contribution is -2.05. The summed E-state index contributed by atoms with van der Waals surface area (Å²) in [7, 11) is -3.41. The normalized spacial score (nSPS) is 11.2. The molecule has 0 fully saturated rings. The average molecular weight is 204 g/mol. The molecule has 0 aliphatic rings. The van der Waals surface area contributed by atoms with Crippen molar-refractivity contribution in [3.8, 4) is 5.75 Å². The zero-order chi connectivity index (χ0) is 9.19. The molecule has 5 heteroatoms. The Morgan fingerprint density at radius 1 is 1.25 bits per heavy atom. The van der Waals surface area contributed by atoms with E-state index in [0.717, 1.165) is 11.2 Å². The summed E-state index contributed by atoms with van der Waals surface area (Å²) in [6.45, 7) is 0. The van der Waals surface area contributed by atoms with Gasteiger partial charge < -0.3 is 4.18 Å². The van der Waals surface area contributed by atoms with Gasteiger partial charge in [-0.3, -0.25) is 0 Å². The maximum atomic E-state index is 10.6. The van der Waals surface area contributed by atoms with Crippen molar-refractivity contribution >= 4 is 22.7 Å². The van der Waals surface area contributed by atoms with Gasteiger partial charge in [-0.1, -0.05) is 0 Å². The minimum Gasteiger partial charge on any atom is -0.383 e. The van der Waals surface area contributed by atoms with E-state index in [1.807, 2.05) is 0 Å². The van der Waals surface area contributed by atoms with Crippen LogP contribution >= 0.6 is 12.6 Å². The Morgan fingerprint density at radius 2 is 1.75 bits per heavy atom. The van der Waals surface area contributed by atoms with Crippen LogP contribution in [-0.2, 0) is 10.1 Å². The van der Waals surface area contributed by atoms with E-state index in [-0.39, 0.29) is 0 Å². The average Bonchev–Trinajstić information content (AvgIpc) is 1.91. The summed E-state index contributed by atoms with van der Waals surface area (Å²) in [5, 5.41) is 0. The zero-order valence-corrected chi connectivity index (χ0v) is 8.10. The molecule has 0 aliphatic heterocycles. The summed E-state index contributed by atoms with van der Waals surface area (Å²) >= 11 is 4.04. The van der Waals surface area contributed by atoms with E-state index < -0.39 is 10.1 Å². The second-order valence-electron chi connectivity index (χ2n) is 2.28. The summed E-state index contributed by atoms with van der Waals surface area (Å²) in [6.07, 6.45) is 1.00. The van der Waals surface area contributed by atoms with Crippen LogP contribution in [0.1, 0.15) is 0 Å². The lowest BCUT2D eigenvalue weighted by Gasteiger charge is -2.01. The first kappa shape index (κ1) is 9.41. The van der Waals surface area contributed by atoms with Gasteiger partial charge in [-0.05, 0) is 24.3 Å². The smallest absolute Gasteiger partial charge is 0.306 e. The molecule has 3 nitrogen and oxygen atoms in total. The number of benzene rings is 1. The van der Waals surface area contributed by atoms with Crippen LogP contribution in [0.2, 0.25) is 0 Å². The summed E-state index contributed by atoms with van der Waals surface area (Å²) in [5.41, 5.74) is 0. The topological polar surface area (TPSA) is 43.4 Å². The minimum atomic E-state index is -3.41. The third-order valence-electron chi connectivity index (χ3n) is 1.08. The molecule has 12 heavy (non-hydrogen) atoms. The van der Waals surface area contributed by atoms with Crippen molar-refractivity contribution in [1.82, 2.24) is 0 Å². The number of hydrogen-bond donors (Lipinski definition) is 1. The molecule has 0 saturated carbocycles. The van der Waals surface area contributed by atoms with Crippen molar-refractivity contribution in [3.63, 3.8) is 0 Å². The predicted molar refractivity (Wildman–Crippen MR) is 49.2 cm³/mol. The molecule has 0 atom stereocenters. The van der Waals surface area contributed by atoms with Gasteiger partial charge in [0.15, 0.2) is 0 Å². The lowest BCUT2D eigenvalue weighted by molar-refractivity contribution is 0.493. The van der Waals surface area contributed by atoms with Gasteiger partial charge in [0.05, 0.1) is 6.26 Å². The van der Waals surface area contributed by atoms with Gasteiger partial charge in [-0.25, -0.2) is 0 Å². The van der Waals surface area contributed by atoms with Crippen LogP contribution in [-0.4, -0.2) is 14.7 Å². The highest BCUT2D eigenvalue weighted by molar-refractivity contribution is 7.86. The van der Waals surface area contributed by atoms with Crippen LogP contribution < -0.4 is 4.18 Å². The highest BCUT2D eigenvalue weighted by Crippen LogP contribution is 2.15. The second kappa shape index (κ2) is 3.37. The Bertz CT molecular complexity index is 353. The maximum Gasteiger partial charge on any atom is 0.306 e. The summed E-state index contributed by atoms with van der Waals surface area (Å²) in [4.78, 5) is 0.760. The molecular formula is C7H8O3S2. The summed E-state index contributed by atoms with van der Waals surface area (Å²) < 4.78 is 25.9. The van der Waals surface area contributed by atoms with Crippen molar-refractivity contribution < 1.29 is 12.6 Å². The molecular weight excluding hydrogens is 196 g/mol. The van der Waals surface area contributed by atoms with E-state index in [1.165, 1.54) is 0 Å². The summed E-state index contributed by atoms with van der Waals surface area (Å²) in [6, 6.07) is 6.40. The Morgan fingerprint density at radius 3 is 2.17 bits per heavy atom. The third-order valence-corrected chi connectivity index (χ3v) is 1.88. The molecule has 0 aromatic heterocycles. The number of thiol groups is 1. The molecule has 66 valence electrons. The second-order valence-corrected chi connectivity index (χ2v) is 4.37. The molecule has 0 heterocycles. The Hall–Kier alpha value is -0.680. The maximum absolute atomic E-state index is 10.6. The van der Waals surface area contributed by atoms with Crippen LogP contribution in [0.5, 0.6) is 5.75 Å². The molecule has 0 saturated heterocycles. The van der Waals surface area contributed by atoms with Gasteiger partial charge in [-0.2, -0.15) is 8.42 Å². The van der Waals surface area contributed by atoms with Gasteiger partial charge in [0.1, 0.15) is 5.75 Å². The third kappa shape index (κ3) is 3.15. The van der Waals surface area contributed by atoms with Gasteiger partial charge in [0.2, 0.25) is 0 Å². The fraction of sp³-hybridized carbons (Fsp3) is 0.143. The van der Waals surface area contributed by atoms with Crippen LogP contribution in [0.3, 0.4) is 0 Å². The molecule has 0 spiro atoms.